The van der Waals surface area contributed by atoms with E-state index >= 15 is 0 Å². The molecular formula is C22H32IN5O3. The van der Waals surface area contributed by atoms with Crippen molar-refractivity contribution in [3.05, 3.63) is 29.8 Å². The molecule has 8 nitrogen and oxygen atoms in total. The van der Waals surface area contributed by atoms with Crippen molar-refractivity contribution in [2.24, 2.45) is 4.99 Å². The first-order chi connectivity index (χ1) is 14.3. The summed E-state index contributed by atoms with van der Waals surface area (Å²) in [7, 11) is 0. The summed E-state index contributed by atoms with van der Waals surface area (Å²) in [4.78, 5) is 34.8. The second-order valence-electron chi connectivity index (χ2n) is 9.11. The van der Waals surface area contributed by atoms with Crippen LogP contribution in [0.25, 0.3) is 0 Å². The van der Waals surface area contributed by atoms with Crippen LogP contribution in [0.5, 0.6) is 0 Å². The molecule has 2 fully saturated rings. The fraction of sp³-hybridized carbons (Fsp3) is 0.591. The van der Waals surface area contributed by atoms with Crippen molar-refractivity contribution in [2.45, 2.75) is 51.8 Å². The molecule has 9 heteroatoms. The van der Waals surface area contributed by atoms with E-state index in [2.05, 4.69) is 27.3 Å². The Morgan fingerprint density at radius 3 is 2.58 bits per heavy atom. The summed E-state index contributed by atoms with van der Waals surface area (Å²) in [6.07, 6.45) is 1.33. The van der Waals surface area contributed by atoms with E-state index in [1.807, 2.05) is 37.8 Å². The standard InChI is InChI=1S/C22H31N5O3.HI/c1-22(2,3)30-21(29)25-11-12-27-18(15-25)14-24-20(27)23-13-16-6-8-17(9-7-16)26-10-4-5-19(26)28;/h6-9,18H,4-5,10-15H2,1-3H3,(H,23,24);1H. The van der Waals surface area contributed by atoms with Crippen LogP contribution in [0.3, 0.4) is 0 Å². The van der Waals surface area contributed by atoms with Crippen LogP contribution in [0.2, 0.25) is 0 Å². The number of carbonyl (C=O) groups excluding carboxylic acids is 2. The number of carbonyl (C=O) groups is 2. The van der Waals surface area contributed by atoms with Crippen molar-refractivity contribution in [1.82, 2.24) is 15.1 Å². The Bertz CT molecular complexity index is 837. The number of nitrogens with one attached hydrogen (secondary N) is 1. The van der Waals surface area contributed by atoms with Gasteiger partial charge < -0.3 is 24.8 Å². The monoisotopic (exact) mass is 541 g/mol. The van der Waals surface area contributed by atoms with E-state index in [9.17, 15) is 9.59 Å². The third-order valence-corrected chi connectivity index (χ3v) is 5.63. The highest BCUT2D eigenvalue weighted by Crippen LogP contribution is 2.22. The molecule has 3 aliphatic rings. The molecule has 31 heavy (non-hydrogen) atoms. The Balaban J connectivity index is 0.00000272. The second-order valence-corrected chi connectivity index (χ2v) is 9.11. The SMILES string of the molecule is CC(C)(C)OC(=O)N1CCN2C(NCc3ccc(N4CCCC4=O)cc3)=NCC2C1.I. The van der Waals surface area contributed by atoms with E-state index in [-0.39, 0.29) is 42.0 Å². The lowest BCUT2D eigenvalue weighted by atomic mass is 10.2. The number of aliphatic imine (C=N–C) groups is 1. The van der Waals surface area contributed by atoms with Crippen LogP contribution in [-0.4, -0.2) is 72.1 Å². The average molecular weight is 541 g/mol. The number of fused-ring (bicyclic) bond motifs is 1. The number of guanidine groups is 1. The molecule has 0 bridgehead atoms. The van der Waals surface area contributed by atoms with Crippen molar-refractivity contribution in [1.29, 1.82) is 0 Å². The summed E-state index contributed by atoms with van der Waals surface area (Å²) in [6, 6.07) is 8.33. The Morgan fingerprint density at radius 1 is 1.19 bits per heavy atom. The lowest BCUT2D eigenvalue weighted by molar-refractivity contribution is -0.117. The van der Waals surface area contributed by atoms with Crippen LogP contribution >= 0.6 is 24.0 Å². The number of rotatable bonds is 3. The molecule has 0 aromatic heterocycles. The van der Waals surface area contributed by atoms with Gasteiger partial charge >= 0.3 is 6.09 Å². The van der Waals surface area contributed by atoms with E-state index in [4.69, 9.17) is 4.74 Å². The number of halogens is 1. The minimum atomic E-state index is -0.481. The molecule has 4 rings (SSSR count). The van der Waals surface area contributed by atoms with Crippen LogP contribution in [-0.2, 0) is 16.1 Å². The van der Waals surface area contributed by atoms with Gasteiger partial charge in [-0.15, -0.1) is 24.0 Å². The normalized spacial score (nSPS) is 20.9. The van der Waals surface area contributed by atoms with Crippen molar-refractivity contribution >= 4 is 47.6 Å². The Hall–Kier alpha value is -2.04. The van der Waals surface area contributed by atoms with Crippen LogP contribution in [0.1, 0.15) is 39.2 Å². The van der Waals surface area contributed by atoms with Gasteiger partial charge in [0.25, 0.3) is 0 Å². The van der Waals surface area contributed by atoms with Gasteiger partial charge in [0.15, 0.2) is 5.96 Å². The van der Waals surface area contributed by atoms with Crippen LogP contribution in [0.15, 0.2) is 29.3 Å². The van der Waals surface area contributed by atoms with E-state index in [0.29, 0.717) is 32.6 Å². The lowest BCUT2D eigenvalue weighted by Gasteiger charge is -2.39. The van der Waals surface area contributed by atoms with Gasteiger partial charge in [-0.1, -0.05) is 12.1 Å². The number of ether oxygens (including phenoxy) is 1. The van der Waals surface area contributed by atoms with E-state index in [0.717, 1.165) is 36.7 Å². The molecular weight excluding hydrogens is 509 g/mol. The summed E-state index contributed by atoms with van der Waals surface area (Å²) >= 11 is 0. The lowest BCUT2D eigenvalue weighted by Crippen LogP contribution is -2.57. The average Bonchev–Trinajstić information content (AvgIpc) is 3.31. The number of anilines is 1. The maximum absolute atomic E-state index is 12.3. The van der Waals surface area contributed by atoms with Crippen molar-refractivity contribution in [3.63, 3.8) is 0 Å². The smallest absolute Gasteiger partial charge is 0.410 e. The fourth-order valence-corrected chi connectivity index (χ4v) is 4.12. The fourth-order valence-electron chi connectivity index (χ4n) is 4.12. The van der Waals surface area contributed by atoms with Gasteiger partial charge in [0, 0.05) is 44.8 Å². The maximum atomic E-state index is 12.3. The number of hydrogen-bond donors (Lipinski definition) is 1. The van der Waals surface area contributed by atoms with Crippen LogP contribution in [0, 0.1) is 0 Å². The molecule has 0 aliphatic carbocycles. The molecule has 1 atom stereocenters. The number of piperazine rings is 1. The third kappa shape index (κ3) is 5.61. The number of hydrogen-bond acceptors (Lipinski definition) is 6. The summed E-state index contributed by atoms with van der Waals surface area (Å²) in [6.45, 7) is 9.82. The van der Waals surface area contributed by atoms with Gasteiger partial charge in [-0.2, -0.15) is 0 Å². The summed E-state index contributed by atoms with van der Waals surface area (Å²) in [5, 5.41) is 3.44. The van der Waals surface area contributed by atoms with Crippen LogP contribution < -0.4 is 10.2 Å². The molecule has 170 valence electrons. The summed E-state index contributed by atoms with van der Waals surface area (Å²) in [5.74, 6) is 1.10. The molecule has 3 heterocycles. The Labute approximate surface area is 201 Å². The summed E-state index contributed by atoms with van der Waals surface area (Å²) < 4.78 is 5.50. The third-order valence-electron chi connectivity index (χ3n) is 5.63. The molecule has 1 N–H and O–H groups in total. The van der Waals surface area contributed by atoms with Gasteiger partial charge in [0.2, 0.25) is 5.91 Å². The zero-order valence-corrected chi connectivity index (χ0v) is 20.8. The van der Waals surface area contributed by atoms with Gasteiger partial charge in [-0.3, -0.25) is 9.79 Å². The predicted molar refractivity (Wildman–Crippen MR) is 131 cm³/mol. The van der Waals surface area contributed by atoms with Gasteiger partial charge in [-0.05, 0) is 44.9 Å². The highest BCUT2D eigenvalue weighted by atomic mass is 127. The first-order valence-corrected chi connectivity index (χ1v) is 10.7. The van der Waals surface area contributed by atoms with Crippen molar-refractivity contribution in [2.75, 3.05) is 37.6 Å². The number of nitrogens with zero attached hydrogens (tertiary/aromatic N) is 4. The largest absolute Gasteiger partial charge is 0.444 e. The molecule has 2 amide bonds. The molecule has 2 saturated heterocycles. The summed E-state index contributed by atoms with van der Waals surface area (Å²) in [5.41, 5.74) is 1.63. The first kappa shape index (κ1) is 23.6. The molecule has 0 saturated carbocycles. The van der Waals surface area contributed by atoms with E-state index < -0.39 is 5.60 Å². The first-order valence-electron chi connectivity index (χ1n) is 10.7. The Morgan fingerprint density at radius 2 is 1.94 bits per heavy atom. The van der Waals surface area contributed by atoms with Crippen LogP contribution in [0.4, 0.5) is 10.5 Å². The predicted octanol–water partition coefficient (Wildman–Crippen LogP) is 2.81. The highest BCUT2D eigenvalue weighted by molar-refractivity contribution is 14.0. The zero-order valence-electron chi connectivity index (χ0n) is 18.5. The van der Waals surface area contributed by atoms with Gasteiger partial charge in [0.05, 0.1) is 12.6 Å². The molecule has 3 aliphatic heterocycles. The molecule has 0 spiro atoms. The highest BCUT2D eigenvalue weighted by Gasteiger charge is 2.36. The molecule has 1 aromatic carbocycles. The molecule has 0 radical (unpaired) electrons. The van der Waals surface area contributed by atoms with Gasteiger partial charge in [0.1, 0.15) is 5.60 Å². The van der Waals surface area contributed by atoms with Crippen molar-refractivity contribution in [3.8, 4) is 0 Å². The zero-order chi connectivity index (χ0) is 21.3. The maximum Gasteiger partial charge on any atom is 0.410 e. The Kier molecular flexibility index (Phi) is 7.33. The molecule has 1 unspecified atom stereocenters. The molecule has 1 aromatic rings. The van der Waals surface area contributed by atoms with Crippen molar-refractivity contribution < 1.29 is 14.3 Å². The topological polar surface area (TPSA) is 77.5 Å². The van der Waals surface area contributed by atoms with E-state index in [1.165, 1.54) is 0 Å². The minimum absolute atomic E-state index is 0. The van der Waals surface area contributed by atoms with E-state index in [1.54, 1.807) is 4.90 Å². The number of amides is 2. The quantitative estimate of drug-likeness (QED) is 0.596. The second kappa shape index (κ2) is 9.62. The number of benzene rings is 1. The minimum Gasteiger partial charge on any atom is -0.444 e. The van der Waals surface area contributed by atoms with Gasteiger partial charge in [-0.25, -0.2) is 4.79 Å².